The molecule has 1 fully saturated rings. The van der Waals surface area contributed by atoms with Crippen molar-refractivity contribution in [2.45, 2.75) is 44.1 Å². The summed E-state index contributed by atoms with van der Waals surface area (Å²) in [5.74, 6) is -1.48. The van der Waals surface area contributed by atoms with Crippen LogP contribution in [0.3, 0.4) is 0 Å². The van der Waals surface area contributed by atoms with Crippen LogP contribution in [0, 0.1) is 0 Å². The Morgan fingerprint density at radius 1 is 0.960 bits per heavy atom. The number of rotatable bonds is 6. The zero-order chi connectivity index (χ0) is 18.4. The molecule has 7 nitrogen and oxygen atoms in total. The SMILES string of the molecule is CC(=O)OC[C@@H]1O[C@H]([Se]c2ccccc2)[C@@H](OC(C)=O)[C@@H]1OC(C)=O. The van der Waals surface area contributed by atoms with Gasteiger partial charge in [-0.2, -0.15) is 0 Å². The first-order valence-electron chi connectivity index (χ1n) is 7.71. The predicted octanol–water partition coefficient (Wildman–Crippen LogP) is 0.167. The molecule has 136 valence electrons. The Morgan fingerprint density at radius 3 is 2.12 bits per heavy atom. The summed E-state index contributed by atoms with van der Waals surface area (Å²) in [6.07, 6.45) is -2.26. The summed E-state index contributed by atoms with van der Waals surface area (Å²) in [5.41, 5.74) is 0. The first kappa shape index (κ1) is 19.4. The third-order valence-corrected chi connectivity index (χ3v) is 5.74. The summed E-state index contributed by atoms with van der Waals surface area (Å²) in [5, 5.41) is -0.455. The van der Waals surface area contributed by atoms with Crippen LogP contribution in [0.25, 0.3) is 0 Å². The fourth-order valence-electron chi connectivity index (χ4n) is 2.40. The van der Waals surface area contributed by atoms with Crippen LogP contribution in [-0.2, 0) is 33.3 Å². The Morgan fingerprint density at radius 2 is 1.56 bits per heavy atom. The van der Waals surface area contributed by atoms with Gasteiger partial charge in [0.15, 0.2) is 0 Å². The molecule has 0 bridgehead atoms. The molecule has 0 unspecified atom stereocenters. The zero-order valence-corrected chi connectivity index (χ0v) is 15.9. The van der Waals surface area contributed by atoms with E-state index < -0.39 is 41.2 Å². The molecule has 0 aromatic heterocycles. The number of carbonyl (C=O) groups is 3. The van der Waals surface area contributed by atoms with Gasteiger partial charge in [0.1, 0.15) is 0 Å². The van der Waals surface area contributed by atoms with E-state index >= 15 is 0 Å². The van der Waals surface area contributed by atoms with Crippen molar-refractivity contribution in [2.75, 3.05) is 6.61 Å². The van der Waals surface area contributed by atoms with Crippen molar-refractivity contribution in [2.24, 2.45) is 0 Å². The van der Waals surface area contributed by atoms with E-state index in [1.807, 2.05) is 30.3 Å². The van der Waals surface area contributed by atoms with Crippen molar-refractivity contribution in [3.8, 4) is 0 Å². The molecule has 8 heteroatoms. The molecule has 0 amide bonds. The number of esters is 3. The van der Waals surface area contributed by atoms with Gasteiger partial charge in [-0.15, -0.1) is 0 Å². The Kier molecular flexibility index (Phi) is 6.99. The van der Waals surface area contributed by atoms with Gasteiger partial charge in [0.05, 0.1) is 0 Å². The normalized spacial score (nSPS) is 25.2. The van der Waals surface area contributed by atoms with E-state index in [1.165, 1.54) is 20.8 Å². The third kappa shape index (κ3) is 5.85. The molecule has 0 spiro atoms. The van der Waals surface area contributed by atoms with E-state index in [0.29, 0.717) is 0 Å². The van der Waals surface area contributed by atoms with Gasteiger partial charge in [0, 0.05) is 0 Å². The van der Waals surface area contributed by atoms with Gasteiger partial charge in [0.25, 0.3) is 0 Å². The van der Waals surface area contributed by atoms with Gasteiger partial charge < -0.3 is 0 Å². The van der Waals surface area contributed by atoms with Crippen LogP contribution < -0.4 is 4.46 Å². The van der Waals surface area contributed by atoms with E-state index in [-0.39, 0.29) is 21.6 Å². The summed E-state index contributed by atoms with van der Waals surface area (Å²) in [7, 11) is 0. The molecule has 1 aromatic rings. The first-order chi connectivity index (χ1) is 11.9. The average molecular weight is 415 g/mol. The maximum absolute atomic E-state index is 11.5. The van der Waals surface area contributed by atoms with Gasteiger partial charge >= 0.3 is 152 Å². The van der Waals surface area contributed by atoms with Crippen molar-refractivity contribution in [1.82, 2.24) is 0 Å². The summed E-state index contributed by atoms with van der Waals surface area (Å²) >= 11 is -0.190. The molecular weight excluding hydrogens is 395 g/mol. The summed E-state index contributed by atoms with van der Waals surface area (Å²) in [6, 6.07) is 9.63. The Labute approximate surface area is 152 Å². The summed E-state index contributed by atoms with van der Waals surface area (Å²) in [4.78, 5) is 34.1. The Bertz CT molecular complexity index is 619. The standard InChI is InChI=1S/C17H20O7Se/c1-10(18)21-9-14-15(22-11(2)19)16(23-12(3)20)17(24-14)25-13-7-5-4-6-8-13/h4-8,14-17H,9H2,1-3H3/t14-,15+,16-,17+/m0/s1. The topological polar surface area (TPSA) is 88.1 Å². The predicted molar refractivity (Wildman–Crippen MR) is 88.2 cm³/mol. The van der Waals surface area contributed by atoms with E-state index in [9.17, 15) is 14.4 Å². The number of carbonyl (C=O) groups excluding carboxylic acids is 3. The van der Waals surface area contributed by atoms with E-state index in [2.05, 4.69) is 0 Å². The first-order valence-corrected chi connectivity index (χ1v) is 9.56. The molecule has 0 radical (unpaired) electrons. The molecule has 0 saturated carbocycles. The van der Waals surface area contributed by atoms with Gasteiger partial charge in [-0.1, -0.05) is 0 Å². The van der Waals surface area contributed by atoms with Gasteiger partial charge in [-0.05, 0) is 0 Å². The van der Waals surface area contributed by atoms with E-state index in [4.69, 9.17) is 18.9 Å². The van der Waals surface area contributed by atoms with Crippen molar-refractivity contribution in [3.05, 3.63) is 30.3 Å². The quantitative estimate of drug-likeness (QED) is 0.372. The molecular formula is C17H20O7Se. The van der Waals surface area contributed by atoms with Gasteiger partial charge in [-0.25, -0.2) is 0 Å². The van der Waals surface area contributed by atoms with Crippen LogP contribution in [0.5, 0.6) is 0 Å². The summed E-state index contributed by atoms with van der Waals surface area (Å²) in [6.45, 7) is 3.76. The monoisotopic (exact) mass is 416 g/mol. The van der Waals surface area contributed by atoms with Crippen LogP contribution in [0.2, 0.25) is 0 Å². The number of hydrogen-bond donors (Lipinski definition) is 0. The minimum absolute atomic E-state index is 0.0770. The van der Waals surface area contributed by atoms with Crippen LogP contribution >= 0.6 is 0 Å². The number of hydrogen-bond acceptors (Lipinski definition) is 7. The molecule has 1 aromatic carbocycles. The fraction of sp³-hybridized carbons (Fsp3) is 0.471. The Hall–Kier alpha value is -1.89. The molecule has 1 heterocycles. The van der Waals surface area contributed by atoms with E-state index in [0.717, 1.165) is 4.46 Å². The number of ether oxygens (including phenoxy) is 4. The van der Waals surface area contributed by atoms with Crippen LogP contribution in [0.4, 0.5) is 0 Å². The maximum atomic E-state index is 11.5. The van der Waals surface area contributed by atoms with Crippen molar-refractivity contribution < 1.29 is 33.3 Å². The van der Waals surface area contributed by atoms with Crippen molar-refractivity contribution in [3.63, 3.8) is 0 Å². The molecule has 0 aliphatic carbocycles. The molecule has 25 heavy (non-hydrogen) atoms. The number of benzene rings is 1. The second-order valence-electron chi connectivity index (χ2n) is 5.42. The van der Waals surface area contributed by atoms with Crippen molar-refractivity contribution in [1.29, 1.82) is 0 Å². The molecule has 0 N–H and O–H groups in total. The van der Waals surface area contributed by atoms with Crippen LogP contribution in [0.1, 0.15) is 20.8 Å². The second-order valence-corrected chi connectivity index (χ2v) is 7.88. The van der Waals surface area contributed by atoms with Crippen molar-refractivity contribution >= 4 is 37.3 Å². The molecule has 4 atom stereocenters. The van der Waals surface area contributed by atoms with Crippen LogP contribution in [-0.4, -0.2) is 62.8 Å². The molecule has 1 aliphatic rings. The fourth-order valence-corrected chi connectivity index (χ4v) is 4.77. The molecule has 2 rings (SSSR count). The minimum atomic E-state index is -0.823. The zero-order valence-electron chi connectivity index (χ0n) is 14.2. The average Bonchev–Trinajstić information content (AvgIpc) is 2.82. The Balaban J connectivity index is 2.21. The van der Waals surface area contributed by atoms with Gasteiger partial charge in [-0.3, -0.25) is 0 Å². The van der Waals surface area contributed by atoms with E-state index in [1.54, 1.807) is 0 Å². The molecule has 1 saturated heterocycles. The van der Waals surface area contributed by atoms with Crippen LogP contribution in [0.15, 0.2) is 30.3 Å². The second kappa shape index (κ2) is 8.99. The van der Waals surface area contributed by atoms with Gasteiger partial charge in [0.2, 0.25) is 0 Å². The summed E-state index contributed by atoms with van der Waals surface area (Å²) < 4.78 is 22.7. The molecule has 1 aliphatic heterocycles. The third-order valence-electron chi connectivity index (χ3n) is 3.32.